The zero-order valence-corrected chi connectivity index (χ0v) is 16.1. The number of carbonyl (C=O) groups is 1. The minimum atomic E-state index is 0.00203. The van der Waals surface area contributed by atoms with Gasteiger partial charge in [0, 0.05) is 50.1 Å². The van der Waals surface area contributed by atoms with Crippen molar-refractivity contribution in [3.63, 3.8) is 0 Å². The number of likely N-dealkylation sites (tertiary alicyclic amines) is 1. The first kappa shape index (κ1) is 18.8. The molecule has 0 saturated carbocycles. The molecular formula is C21H27N5O2. The average Bonchev–Trinajstić information content (AvgIpc) is 2.73. The van der Waals surface area contributed by atoms with Crippen LogP contribution in [0, 0.1) is 11.8 Å². The number of hydrogen-bond donors (Lipinski definition) is 1. The maximum Gasteiger partial charge on any atom is 0.253 e. The van der Waals surface area contributed by atoms with E-state index in [4.69, 9.17) is 0 Å². The van der Waals surface area contributed by atoms with Crippen LogP contribution < -0.4 is 10.9 Å². The molecule has 0 aromatic carbocycles. The minimum Gasteiger partial charge on any atom is -0.356 e. The normalized spacial score (nSPS) is 21.4. The predicted molar refractivity (Wildman–Crippen MR) is 107 cm³/mol. The SMILES string of the molecule is O=C1CCC(CN2CCC(Cn3cnc(-c4ccncc4)cc3=O)CC2)CN1. The molecule has 1 N–H and O–H groups in total. The highest BCUT2D eigenvalue weighted by atomic mass is 16.1. The number of aromatic nitrogens is 3. The molecule has 1 unspecified atom stereocenters. The van der Waals surface area contributed by atoms with Gasteiger partial charge in [-0.25, -0.2) is 4.98 Å². The maximum absolute atomic E-state index is 12.5. The quantitative estimate of drug-likeness (QED) is 0.850. The van der Waals surface area contributed by atoms with E-state index in [0.29, 0.717) is 24.0 Å². The van der Waals surface area contributed by atoms with Gasteiger partial charge in [-0.3, -0.25) is 19.1 Å². The zero-order valence-electron chi connectivity index (χ0n) is 16.1. The highest BCUT2D eigenvalue weighted by Crippen LogP contribution is 2.21. The molecular weight excluding hydrogens is 354 g/mol. The number of nitrogens with one attached hydrogen (secondary N) is 1. The van der Waals surface area contributed by atoms with Crippen molar-refractivity contribution in [3.8, 4) is 11.3 Å². The van der Waals surface area contributed by atoms with Crippen molar-refractivity contribution in [2.45, 2.75) is 32.2 Å². The van der Waals surface area contributed by atoms with Gasteiger partial charge in [0.1, 0.15) is 0 Å². The summed E-state index contributed by atoms with van der Waals surface area (Å²) in [5.41, 5.74) is 1.60. The van der Waals surface area contributed by atoms with Crippen LogP contribution in [-0.4, -0.2) is 51.5 Å². The van der Waals surface area contributed by atoms with Gasteiger partial charge in [-0.15, -0.1) is 0 Å². The second-order valence-corrected chi connectivity index (χ2v) is 7.95. The molecule has 1 atom stereocenters. The van der Waals surface area contributed by atoms with E-state index >= 15 is 0 Å². The summed E-state index contributed by atoms with van der Waals surface area (Å²) in [5, 5.41) is 2.97. The first-order chi connectivity index (χ1) is 13.7. The van der Waals surface area contributed by atoms with Crippen molar-refractivity contribution in [3.05, 3.63) is 47.3 Å². The van der Waals surface area contributed by atoms with E-state index in [-0.39, 0.29) is 11.5 Å². The fourth-order valence-corrected chi connectivity index (χ4v) is 4.18. The van der Waals surface area contributed by atoms with Crippen molar-refractivity contribution in [2.24, 2.45) is 11.8 Å². The lowest BCUT2D eigenvalue weighted by Gasteiger charge is -2.35. The minimum absolute atomic E-state index is 0.00203. The van der Waals surface area contributed by atoms with Crippen LogP contribution in [0.15, 0.2) is 41.7 Å². The Morgan fingerprint density at radius 1 is 1.04 bits per heavy atom. The molecule has 2 aliphatic heterocycles. The molecule has 0 radical (unpaired) electrons. The average molecular weight is 381 g/mol. The van der Waals surface area contributed by atoms with E-state index in [1.165, 1.54) is 0 Å². The molecule has 4 rings (SSSR count). The third-order valence-electron chi connectivity index (χ3n) is 5.90. The van der Waals surface area contributed by atoms with Crippen LogP contribution in [-0.2, 0) is 11.3 Å². The van der Waals surface area contributed by atoms with Crippen molar-refractivity contribution in [2.75, 3.05) is 26.2 Å². The number of carbonyl (C=O) groups excluding carboxylic acids is 1. The van der Waals surface area contributed by atoms with E-state index in [9.17, 15) is 9.59 Å². The van der Waals surface area contributed by atoms with Crippen LogP contribution in [0.2, 0.25) is 0 Å². The van der Waals surface area contributed by atoms with Gasteiger partial charge in [0.15, 0.2) is 0 Å². The lowest BCUT2D eigenvalue weighted by molar-refractivity contribution is -0.123. The number of rotatable bonds is 5. The summed E-state index contributed by atoms with van der Waals surface area (Å²) in [5.74, 6) is 1.26. The summed E-state index contributed by atoms with van der Waals surface area (Å²) in [7, 11) is 0. The maximum atomic E-state index is 12.5. The third-order valence-corrected chi connectivity index (χ3v) is 5.90. The lowest BCUT2D eigenvalue weighted by Crippen LogP contribution is -2.43. The molecule has 2 fully saturated rings. The van der Waals surface area contributed by atoms with Crippen molar-refractivity contribution in [1.82, 2.24) is 24.8 Å². The summed E-state index contributed by atoms with van der Waals surface area (Å²) < 4.78 is 1.74. The summed E-state index contributed by atoms with van der Waals surface area (Å²) in [4.78, 5) is 34.8. The van der Waals surface area contributed by atoms with E-state index in [1.807, 2.05) is 12.1 Å². The molecule has 2 aliphatic rings. The monoisotopic (exact) mass is 381 g/mol. The summed E-state index contributed by atoms with van der Waals surface area (Å²) >= 11 is 0. The standard InChI is InChI=1S/C21H27N5O2/c27-20-2-1-17(12-23-20)13-25-9-5-16(6-10-25)14-26-15-24-19(11-21(26)28)18-3-7-22-8-4-18/h3-4,7-8,11,15-17H,1-2,5-6,9-10,12-14H2,(H,23,27). The van der Waals surface area contributed by atoms with E-state index < -0.39 is 0 Å². The molecule has 148 valence electrons. The number of pyridine rings is 1. The smallest absolute Gasteiger partial charge is 0.253 e. The molecule has 0 bridgehead atoms. The highest BCUT2D eigenvalue weighted by Gasteiger charge is 2.24. The molecule has 1 amide bonds. The third kappa shape index (κ3) is 4.65. The summed E-state index contributed by atoms with van der Waals surface area (Å²) in [6.45, 7) is 4.73. The van der Waals surface area contributed by atoms with Crippen LogP contribution in [0.3, 0.4) is 0 Å². The Hall–Kier alpha value is -2.54. The fraction of sp³-hybridized carbons (Fsp3) is 0.524. The molecule has 4 heterocycles. The van der Waals surface area contributed by atoms with E-state index in [0.717, 1.165) is 57.5 Å². The molecule has 7 nitrogen and oxygen atoms in total. The van der Waals surface area contributed by atoms with E-state index in [2.05, 4.69) is 20.2 Å². The molecule has 2 saturated heterocycles. The van der Waals surface area contributed by atoms with Gasteiger partial charge < -0.3 is 10.2 Å². The predicted octanol–water partition coefficient (Wildman–Crippen LogP) is 1.54. The molecule has 2 aromatic heterocycles. The molecule has 7 heteroatoms. The van der Waals surface area contributed by atoms with Crippen molar-refractivity contribution < 1.29 is 4.79 Å². The van der Waals surface area contributed by atoms with Crippen molar-refractivity contribution in [1.29, 1.82) is 0 Å². The Balaban J connectivity index is 1.29. The highest BCUT2D eigenvalue weighted by molar-refractivity contribution is 5.76. The van der Waals surface area contributed by atoms with Crippen LogP contribution in [0.4, 0.5) is 0 Å². The van der Waals surface area contributed by atoms with Crippen LogP contribution in [0.25, 0.3) is 11.3 Å². The van der Waals surface area contributed by atoms with Gasteiger partial charge >= 0.3 is 0 Å². The molecule has 28 heavy (non-hydrogen) atoms. The van der Waals surface area contributed by atoms with Crippen LogP contribution >= 0.6 is 0 Å². The number of nitrogens with zero attached hydrogens (tertiary/aromatic N) is 4. The van der Waals surface area contributed by atoms with Crippen molar-refractivity contribution >= 4 is 5.91 Å². The Bertz CT molecular complexity index is 849. The Morgan fingerprint density at radius 3 is 2.50 bits per heavy atom. The van der Waals surface area contributed by atoms with Crippen LogP contribution in [0.1, 0.15) is 25.7 Å². The second-order valence-electron chi connectivity index (χ2n) is 7.95. The van der Waals surface area contributed by atoms with Gasteiger partial charge in [-0.05, 0) is 56.3 Å². The number of piperidine rings is 2. The molecule has 0 spiro atoms. The summed E-state index contributed by atoms with van der Waals surface area (Å²) in [6.07, 6.45) is 8.93. The fourth-order valence-electron chi connectivity index (χ4n) is 4.18. The van der Waals surface area contributed by atoms with E-state index in [1.54, 1.807) is 29.4 Å². The van der Waals surface area contributed by atoms with Gasteiger partial charge in [-0.1, -0.05) is 0 Å². The van der Waals surface area contributed by atoms with Gasteiger partial charge in [0.2, 0.25) is 5.91 Å². The first-order valence-corrected chi connectivity index (χ1v) is 10.1. The Kier molecular flexibility index (Phi) is 5.81. The molecule has 2 aromatic rings. The lowest BCUT2D eigenvalue weighted by atomic mass is 9.94. The largest absolute Gasteiger partial charge is 0.356 e. The number of amides is 1. The molecule has 0 aliphatic carbocycles. The first-order valence-electron chi connectivity index (χ1n) is 10.1. The van der Waals surface area contributed by atoms with Gasteiger partial charge in [0.25, 0.3) is 5.56 Å². The second kappa shape index (κ2) is 8.65. The number of hydrogen-bond acceptors (Lipinski definition) is 5. The Labute approximate surface area is 164 Å². The Morgan fingerprint density at radius 2 is 1.82 bits per heavy atom. The van der Waals surface area contributed by atoms with Gasteiger partial charge in [0.05, 0.1) is 12.0 Å². The van der Waals surface area contributed by atoms with Gasteiger partial charge in [-0.2, -0.15) is 0 Å². The zero-order chi connectivity index (χ0) is 19.3. The topological polar surface area (TPSA) is 80.1 Å². The summed E-state index contributed by atoms with van der Waals surface area (Å²) in [6, 6.07) is 5.33. The van der Waals surface area contributed by atoms with Crippen LogP contribution in [0.5, 0.6) is 0 Å².